The van der Waals surface area contributed by atoms with Crippen molar-refractivity contribution in [3.05, 3.63) is 99.5 Å². The van der Waals surface area contributed by atoms with Crippen LogP contribution in [0.15, 0.2) is 77.3 Å². The highest BCUT2D eigenvalue weighted by Crippen LogP contribution is 2.66. The van der Waals surface area contributed by atoms with Gasteiger partial charge in [-0.05, 0) is 48.2 Å². The number of ether oxygens (including phenoxy) is 1. The summed E-state index contributed by atoms with van der Waals surface area (Å²) < 4.78 is 7.60. The summed E-state index contributed by atoms with van der Waals surface area (Å²) in [6.45, 7) is 2.00. The van der Waals surface area contributed by atoms with E-state index in [-0.39, 0.29) is 5.92 Å². The Morgan fingerprint density at radius 3 is 2.43 bits per heavy atom. The van der Waals surface area contributed by atoms with Crippen LogP contribution in [0.5, 0.6) is 5.75 Å². The molecule has 4 atom stereocenters. The molecule has 0 radical (unpaired) electrons. The second-order valence-corrected chi connectivity index (χ2v) is 8.74. The standard InChI is InChI=1S/C24H21BrO3/c1-15-7-12-19-21(13-15)28-24(17-8-10-18(25)11-9-17)20(14-22(26)23(19,24)27)16-5-3-2-4-6-16/h2-13,20,22,26-27H,14H2,1H3/t20-,22+,23-,24-/m0/s1. The van der Waals surface area contributed by atoms with Crippen molar-refractivity contribution in [1.29, 1.82) is 0 Å². The van der Waals surface area contributed by atoms with Crippen LogP contribution in [0, 0.1) is 6.92 Å². The second-order valence-electron chi connectivity index (χ2n) is 7.83. The van der Waals surface area contributed by atoms with Crippen LogP contribution in [0.1, 0.15) is 34.6 Å². The van der Waals surface area contributed by atoms with E-state index in [1.54, 1.807) is 0 Å². The zero-order valence-corrected chi connectivity index (χ0v) is 17.1. The van der Waals surface area contributed by atoms with Gasteiger partial charge >= 0.3 is 0 Å². The van der Waals surface area contributed by atoms with E-state index in [9.17, 15) is 10.2 Å². The van der Waals surface area contributed by atoms with Crippen molar-refractivity contribution in [3.8, 4) is 5.75 Å². The van der Waals surface area contributed by atoms with Crippen molar-refractivity contribution < 1.29 is 14.9 Å². The molecule has 0 spiro atoms. The van der Waals surface area contributed by atoms with Crippen LogP contribution in [-0.2, 0) is 11.2 Å². The monoisotopic (exact) mass is 436 g/mol. The van der Waals surface area contributed by atoms with Crippen LogP contribution in [0.4, 0.5) is 0 Å². The molecule has 4 heteroatoms. The summed E-state index contributed by atoms with van der Waals surface area (Å²) in [4.78, 5) is 0. The maximum Gasteiger partial charge on any atom is 0.176 e. The van der Waals surface area contributed by atoms with Gasteiger partial charge in [-0.3, -0.25) is 0 Å². The number of aliphatic hydroxyl groups is 2. The van der Waals surface area contributed by atoms with E-state index in [0.717, 1.165) is 21.2 Å². The molecule has 1 aliphatic heterocycles. The predicted molar refractivity (Wildman–Crippen MR) is 111 cm³/mol. The third kappa shape index (κ3) is 2.22. The number of fused-ring (bicyclic) bond motifs is 3. The Morgan fingerprint density at radius 1 is 1.00 bits per heavy atom. The van der Waals surface area contributed by atoms with Crippen molar-refractivity contribution in [3.63, 3.8) is 0 Å². The average molecular weight is 437 g/mol. The van der Waals surface area contributed by atoms with Gasteiger partial charge in [0, 0.05) is 16.0 Å². The highest BCUT2D eigenvalue weighted by atomic mass is 79.9. The molecule has 0 aromatic heterocycles. The van der Waals surface area contributed by atoms with Crippen LogP contribution in [-0.4, -0.2) is 16.3 Å². The number of halogens is 1. The molecule has 0 unspecified atom stereocenters. The van der Waals surface area contributed by atoms with Gasteiger partial charge in [0.25, 0.3) is 0 Å². The van der Waals surface area contributed by atoms with Crippen molar-refractivity contribution in [2.45, 2.75) is 36.6 Å². The molecule has 5 rings (SSSR count). The molecule has 1 fully saturated rings. The molecular formula is C24H21BrO3. The Hall–Kier alpha value is -2.14. The van der Waals surface area contributed by atoms with Crippen LogP contribution >= 0.6 is 15.9 Å². The van der Waals surface area contributed by atoms with Crippen molar-refractivity contribution in [2.75, 3.05) is 0 Å². The number of hydrogen-bond donors (Lipinski definition) is 2. The molecule has 0 saturated heterocycles. The molecule has 0 bridgehead atoms. The molecule has 1 saturated carbocycles. The van der Waals surface area contributed by atoms with Gasteiger partial charge in [0.05, 0.1) is 6.10 Å². The summed E-state index contributed by atoms with van der Waals surface area (Å²) in [5.41, 5.74) is 1.00. The van der Waals surface area contributed by atoms with Crippen LogP contribution in [0.25, 0.3) is 0 Å². The third-order valence-electron chi connectivity index (χ3n) is 6.29. The first-order valence-corrected chi connectivity index (χ1v) is 10.3. The summed E-state index contributed by atoms with van der Waals surface area (Å²) in [5.74, 6) is 0.452. The average Bonchev–Trinajstić information content (AvgIpc) is 3.09. The van der Waals surface area contributed by atoms with E-state index in [2.05, 4.69) is 15.9 Å². The molecule has 2 aliphatic rings. The van der Waals surface area contributed by atoms with Crippen molar-refractivity contribution in [2.24, 2.45) is 0 Å². The largest absolute Gasteiger partial charge is 0.478 e. The van der Waals surface area contributed by atoms with Crippen LogP contribution < -0.4 is 4.74 Å². The molecule has 28 heavy (non-hydrogen) atoms. The van der Waals surface area contributed by atoms with Gasteiger partial charge in [0.15, 0.2) is 11.2 Å². The fourth-order valence-electron chi connectivity index (χ4n) is 5.04. The van der Waals surface area contributed by atoms with Gasteiger partial charge in [0.2, 0.25) is 0 Å². The minimum atomic E-state index is -1.52. The molecule has 142 valence electrons. The summed E-state index contributed by atoms with van der Waals surface area (Å²) in [7, 11) is 0. The summed E-state index contributed by atoms with van der Waals surface area (Å²) in [6, 6.07) is 23.7. The fraction of sp³-hybridized carbons (Fsp3) is 0.250. The number of aliphatic hydroxyl groups excluding tert-OH is 1. The number of hydrogen-bond acceptors (Lipinski definition) is 3. The lowest BCUT2D eigenvalue weighted by molar-refractivity contribution is -0.149. The summed E-state index contributed by atoms with van der Waals surface area (Å²) >= 11 is 3.49. The lowest BCUT2D eigenvalue weighted by Crippen LogP contribution is -2.51. The Morgan fingerprint density at radius 2 is 1.71 bits per heavy atom. The lowest BCUT2D eigenvalue weighted by atomic mass is 9.71. The lowest BCUT2D eigenvalue weighted by Gasteiger charge is -2.40. The Labute approximate surface area is 172 Å². The molecule has 3 nitrogen and oxygen atoms in total. The Kier molecular flexibility index (Phi) is 3.96. The highest BCUT2D eigenvalue weighted by Gasteiger charge is 2.72. The normalized spacial score (nSPS) is 30.6. The SMILES string of the molecule is Cc1ccc2c(c1)O[C@@]1(c3ccc(Br)cc3)[C@H](c3ccccc3)C[C@@H](O)[C@@]21O. The van der Waals surface area contributed by atoms with Gasteiger partial charge in [-0.25, -0.2) is 0 Å². The highest BCUT2D eigenvalue weighted by molar-refractivity contribution is 9.10. The zero-order chi connectivity index (χ0) is 19.5. The number of rotatable bonds is 2. The van der Waals surface area contributed by atoms with Crippen molar-refractivity contribution >= 4 is 15.9 Å². The number of aryl methyl sites for hydroxylation is 1. The first-order chi connectivity index (χ1) is 13.5. The smallest absolute Gasteiger partial charge is 0.176 e. The van der Waals surface area contributed by atoms with Crippen LogP contribution in [0.2, 0.25) is 0 Å². The predicted octanol–water partition coefficient (Wildman–Crippen LogP) is 4.78. The fourth-order valence-corrected chi connectivity index (χ4v) is 5.30. The molecular weight excluding hydrogens is 416 g/mol. The van der Waals surface area contributed by atoms with Gasteiger partial charge in [-0.2, -0.15) is 0 Å². The molecule has 3 aromatic carbocycles. The van der Waals surface area contributed by atoms with E-state index in [0.29, 0.717) is 17.7 Å². The summed E-state index contributed by atoms with van der Waals surface area (Å²) in [6.07, 6.45) is -0.519. The summed E-state index contributed by atoms with van der Waals surface area (Å²) in [5, 5.41) is 23.2. The Balaban J connectivity index is 1.80. The van der Waals surface area contributed by atoms with Gasteiger partial charge in [0.1, 0.15) is 5.75 Å². The van der Waals surface area contributed by atoms with E-state index in [4.69, 9.17) is 4.74 Å². The molecule has 2 N–H and O–H groups in total. The molecule has 0 amide bonds. The van der Waals surface area contributed by atoms with Gasteiger partial charge < -0.3 is 14.9 Å². The zero-order valence-electron chi connectivity index (χ0n) is 15.5. The third-order valence-corrected chi connectivity index (χ3v) is 6.82. The van der Waals surface area contributed by atoms with Gasteiger partial charge in [-0.15, -0.1) is 0 Å². The second kappa shape index (κ2) is 6.18. The van der Waals surface area contributed by atoms with Gasteiger partial charge in [-0.1, -0.05) is 70.5 Å². The van der Waals surface area contributed by atoms with E-state index >= 15 is 0 Å². The maximum absolute atomic E-state index is 12.1. The maximum atomic E-state index is 12.1. The first kappa shape index (κ1) is 17.9. The molecule has 3 aromatic rings. The molecule has 1 aliphatic carbocycles. The van der Waals surface area contributed by atoms with Crippen molar-refractivity contribution in [1.82, 2.24) is 0 Å². The number of benzene rings is 3. The quantitative estimate of drug-likeness (QED) is 0.607. The molecule has 1 heterocycles. The minimum absolute atomic E-state index is 0.192. The van der Waals surface area contributed by atoms with E-state index < -0.39 is 17.3 Å². The van der Waals surface area contributed by atoms with E-state index in [1.165, 1.54) is 0 Å². The van der Waals surface area contributed by atoms with E-state index in [1.807, 2.05) is 79.7 Å². The Bertz CT molecular complexity index is 1030. The topological polar surface area (TPSA) is 49.7 Å². The first-order valence-electron chi connectivity index (χ1n) is 9.48. The van der Waals surface area contributed by atoms with Crippen LogP contribution in [0.3, 0.4) is 0 Å². The minimum Gasteiger partial charge on any atom is -0.478 e.